The Labute approximate surface area is 87.0 Å². The molecule has 0 bridgehead atoms. The molecule has 0 unspecified atom stereocenters. The van der Waals surface area contributed by atoms with Crippen LogP contribution in [0.3, 0.4) is 0 Å². The average Bonchev–Trinajstić information content (AvgIpc) is 2.13. The van der Waals surface area contributed by atoms with E-state index >= 15 is 0 Å². The Morgan fingerprint density at radius 1 is 1.31 bits per heavy atom. The third kappa shape index (κ3) is 4.29. The van der Waals surface area contributed by atoms with E-state index in [2.05, 4.69) is 15.9 Å². The molecule has 1 aromatic rings. The van der Waals surface area contributed by atoms with Crippen molar-refractivity contribution in [1.82, 2.24) is 0 Å². The third-order valence-electron chi connectivity index (χ3n) is 1.56. The molecule has 72 valence electrons. The molecule has 0 fully saturated rings. The zero-order chi connectivity index (χ0) is 9.52. The Bertz CT molecular complexity index is 250. The van der Waals surface area contributed by atoms with E-state index in [-0.39, 0.29) is 0 Å². The van der Waals surface area contributed by atoms with Crippen molar-refractivity contribution in [3.05, 3.63) is 28.7 Å². The summed E-state index contributed by atoms with van der Waals surface area (Å²) in [7, 11) is 1.69. The molecule has 0 saturated carbocycles. The van der Waals surface area contributed by atoms with Gasteiger partial charge in [0.2, 0.25) is 0 Å². The lowest BCUT2D eigenvalue weighted by atomic mass is 10.3. The predicted octanol–water partition coefficient (Wildman–Crippen LogP) is 2.86. The first kappa shape index (κ1) is 10.5. The lowest BCUT2D eigenvalue weighted by Gasteiger charge is -2.05. The van der Waals surface area contributed by atoms with Crippen LogP contribution in [0, 0.1) is 0 Å². The number of hydrogen-bond donors (Lipinski definition) is 0. The number of methoxy groups -OCH3 is 1. The molecule has 13 heavy (non-hydrogen) atoms. The molecule has 0 spiro atoms. The molecule has 0 aromatic heterocycles. The fourth-order valence-corrected chi connectivity index (χ4v) is 1.33. The van der Waals surface area contributed by atoms with Crippen LogP contribution in [0.25, 0.3) is 0 Å². The number of benzene rings is 1. The normalized spacial score (nSPS) is 10.0. The summed E-state index contributed by atoms with van der Waals surface area (Å²) in [4.78, 5) is 0. The zero-order valence-electron chi connectivity index (χ0n) is 7.63. The molecule has 0 aliphatic heterocycles. The molecule has 3 heteroatoms. The highest BCUT2D eigenvalue weighted by Crippen LogP contribution is 2.17. The van der Waals surface area contributed by atoms with Crippen molar-refractivity contribution in [2.75, 3.05) is 20.3 Å². The maximum absolute atomic E-state index is 5.48. The molecule has 0 heterocycles. The molecule has 0 radical (unpaired) electrons. The fraction of sp³-hybridized carbons (Fsp3) is 0.400. The van der Waals surface area contributed by atoms with Gasteiger partial charge in [0.1, 0.15) is 5.75 Å². The van der Waals surface area contributed by atoms with Gasteiger partial charge in [0.25, 0.3) is 0 Å². The van der Waals surface area contributed by atoms with Crippen LogP contribution in [0.1, 0.15) is 6.42 Å². The van der Waals surface area contributed by atoms with Crippen LogP contribution in [0.4, 0.5) is 0 Å². The van der Waals surface area contributed by atoms with Crippen LogP contribution in [0.2, 0.25) is 0 Å². The molecule has 0 amide bonds. The standard InChI is InChI=1S/C10H13BrO2/c1-12-6-3-7-13-10-5-2-4-9(11)8-10/h2,4-5,8H,3,6-7H2,1H3. The van der Waals surface area contributed by atoms with E-state index in [1.807, 2.05) is 24.3 Å². The SMILES string of the molecule is COCCCOc1cccc(Br)c1. The highest BCUT2D eigenvalue weighted by molar-refractivity contribution is 9.10. The molecule has 0 saturated heterocycles. The van der Waals surface area contributed by atoms with Gasteiger partial charge in [-0.1, -0.05) is 22.0 Å². The summed E-state index contributed by atoms with van der Waals surface area (Å²) in [6.45, 7) is 1.44. The van der Waals surface area contributed by atoms with Crippen molar-refractivity contribution in [1.29, 1.82) is 0 Å². The van der Waals surface area contributed by atoms with Gasteiger partial charge < -0.3 is 9.47 Å². The Kier molecular flexibility index (Phi) is 4.86. The van der Waals surface area contributed by atoms with Crippen LogP contribution >= 0.6 is 15.9 Å². The molecule has 0 N–H and O–H groups in total. The molecular formula is C10H13BrO2. The number of halogens is 1. The minimum Gasteiger partial charge on any atom is -0.493 e. The summed E-state index contributed by atoms with van der Waals surface area (Å²) in [5.41, 5.74) is 0. The second kappa shape index (κ2) is 6.00. The summed E-state index contributed by atoms with van der Waals surface area (Å²) < 4.78 is 11.4. The summed E-state index contributed by atoms with van der Waals surface area (Å²) in [6.07, 6.45) is 0.920. The second-order valence-electron chi connectivity index (χ2n) is 2.65. The van der Waals surface area contributed by atoms with Gasteiger partial charge in [0.05, 0.1) is 6.61 Å². The van der Waals surface area contributed by atoms with Crippen LogP contribution < -0.4 is 4.74 Å². The highest BCUT2D eigenvalue weighted by Gasteiger charge is 1.93. The summed E-state index contributed by atoms with van der Waals surface area (Å²) in [6, 6.07) is 7.82. The van der Waals surface area contributed by atoms with Crippen molar-refractivity contribution >= 4 is 15.9 Å². The maximum Gasteiger partial charge on any atom is 0.120 e. The van der Waals surface area contributed by atoms with Crippen molar-refractivity contribution in [3.63, 3.8) is 0 Å². The highest BCUT2D eigenvalue weighted by atomic mass is 79.9. The Balaban J connectivity index is 2.28. The van der Waals surface area contributed by atoms with E-state index in [0.717, 1.165) is 23.2 Å². The van der Waals surface area contributed by atoms with Gasteiger partial charge in [-0.05, 0) is 18.2 Å². The molecule has 1 rings (SSSR count). The van der Waals surface area contributed by atoms with Gasteiger partial charge in [0.15, 0.2) is 0 Å². The van der Waals surface area contributed by atoms with Crippen LogP contribution in [0.15, 0.2) is 28.7 Å². The number of hydrogen-bond acceptors (Lipinski definition) is 2. The first-order valence-corrected chi connectivity index (χ1v) is 4.99. The summed E-state index contributed by atoms with van der Waals surface area (Å²) >= 11 is 3.38. The van der Waals surface area contributed by atoms with Gasteiger partial charge in [0, 0.05) is 24.6 Å². The monoisotopic (exact) mass is 244 g/mol. The van der Waals surface area contributed by atoms with Gasteiger partial charge in [-0.3, -0.25) is 0 Å². The average molecular weight is 245 g/mol. The van der Waals surface area contributed by atoms with E-state index < -0.39 is 0 Å². The Hall–Kier alpha value is -0.540. The van der Waals surface area contributed by atoms with Crippen molar-refractivity contribution < 1.29 is 9.47 Å². The maximum atomic E-state index is 5.48. The Morgan fingerprint density at radius 2 is 2.15 bits per heavy atom. The lowest BCUT2D eigenvalue weighted by Crippen LogP contribution is -2.00. The van der Waals surface area contributed by atoms with Crippen LogP contribution in [0.5, 0.6) is 5.75 Å². The van der Waals surface area contributed by atoms with Crippen LogP contribution in [-0.4, -0.2) is 20.3 Å². The molecule has 1 aromatic carbocycles. The number of ether oxygens (including phenoxy) is 2. The van der Waals surface area contributed by atoms with Gasteiger partial charge in [-0.25, -0.2) is 0 Å². The first-order valence-electron chi connectivity index (χ1n) is 4.20. The van der Waals surface area contributed by atoms with E-state index in [0.29, 0.717) is 6.61 Å². The largest absolute Gasteiger partial charge is 0.493 e. The van der Waals surface area contributed by atoms with E-state index in [1.54, 1.807) is 7.11 Å². The number of rotatable bonds is 5. The summed E-state index contributed by atoms with van der Waals surface area (Å²) in [5.74, 6) is 0.894. The first-order chi connectivity index (χ1) is 6.33. The van der Waals surface area contributed by atoms with E-state index in [9.17, 15) is 0 Å². The lowest BCUT2D eigenvalue weighted by molar-refractivity contribution is 0.172. The van der Waals surface area contributed by atoms with Gasteiger partial charge >= 0.3 is 0 Å². The molecule has 0 aliphatic rings. The van der Waals surface area contributed by atoms with Gasteiger partial charge in [-0.15, -0.1) is 0 Å². The minimum atomic E-state index is 0.699. The Morgan fingerprint density at radius 3 is 2.85 bits per heavy atom. The molecule has 0 atom stereocenters. The molecular weight excluding hydrogens is 232 g/mol. The zero-order valence-corrected chi connectivity index (χ0v) is 9.21. The van der Waals surface area contributed by atoms with Crippen molar-refractivity contribution in [3.8, 4) is 5.75 Å². The fourth-order valence-electron chi connectivity index (χ4n) is 0.950. The van der Waals surface area contributed by atoms with Crippen LogP contribution in [-0.2, 0) is 4.74 Å². The molecule has 2 nitrogen and oxygen atoms in total. The summed E-state index contributed by atoms with van der Waals surface area (Å²) in [5, 5.41) is 0. The van der Waals surface area contributed by atoms with E-state index in [4.69, 9.17) is 9.47 Å². The van der Waals surface area contributed by atoms with Gasteiger partial charge in [-0.2, -0.15) is 0 Å². The smallest absolute Gasteiger partial charge is 0.120 e. The third-order valence-corrected chi connectivity index (χ3v) is 2.05. The molecule has 0 aliphatic carbocycles. The predicted molar refractivity (Wildman–Crippen MR) is 56.1 cm³/mol. The topological polar surface area (TPSA) is 18.5 Å². The van der Waals surface area contributed by atoms with E-state index in [1.165, 1.54) is 0 Å². The van der Waals surface area contributed by atoms with Crippen molar-refractivity contribution in [2.24, 2.45) is 0 Å². The van der Waals surface area contributed by atoms with Crippen molar-refractivity contribution in [2.45, 2.75) is 6.42 Å². The quantitative estimate of drug-likeness (QED) is 0.742. The minimum absolute atomic E-state index is 0.699. The second-order valence-corrected chi connectivity index (χ2v) is 3.57.